The standard InChI is InChI=1S/C23H31FN6O4/c1-14(9-23(13-34-3)21(32)27-22(33)28-23)20(31)29-4-5-30(15(2)12-29)19-7-16(6-18(24)8-19)17-10-25-26-11-17/h6-8,10-11,14-15,22,28,33H,4-5,9,12-13H2,1-3H3,(H,25,26)(H,27,32)/t14?,15-,22?,23-/m0/s1. The summed E-state index contributed by atoms with van der Waals surface area (Å²) in [4.78, 5) is 29.6. The van der Waals surface area contributed by atoms with E-state index in [1.165, 1.54) is 19.2 Å². The van der Waals surface area contributed by atoms with E-state index in [0.717, 1.165) is 16.8 Å². The van der Waals surface area contributed by atoms with Crippen molar-refractivity contribution in [1.29, 1.82) is 0 Å². The lowest BCUT2D eigenvalue weighted by Crippen LogP contribution is -2.57. The van der Waals surface area contributed by atoms with Crippen LogP contribution in [-0.2, 0) is 14.3 Å². The summed E-state index contributed by atoms with van der Waals surface area (Å²) >= 11 is 0. The third-order valence-electron chi connectivity index (χ3n) is 6.57. The number of aromatic nitrogens is 2. The second-order valence-electron chi connectivity index (χ2n) is 9.15. The van der Waals surface area contributed by atoms with Gasteiger partial charge in [0, 0.05) is 56.2 Å². The molecule has 4 rings (SSSR count). The average Bonchev–Trinajstić information content (AvgIpc) is 3.41. The molecule has 0 spiro atoms. The molecule has 10 nitrogen and oxygen atoms in total. The van der Waals surface area contributed by atoms with Gasteiger partial charge in [0.05, 0.1) is 12.8 Å². The molecule has 2 fully saturated rings. The van der Waals surface area contributed by atoms with E-state index in [4.69, 9.17) is 4.74 Å². The first-order valence-electron chi connectivity index (χ1n) is 11.3. The van der Waals surface area contributed by atoms with Gasteiger partial charge in [0.25, 0.3) is 0 Å². The highest BCUT2D eigenvalue weighted by atomic mass is 19.1. The van der Waals surface area contributed by atoms with E-state index in [1.54, 1.807) is 24.2 Å². The Kier molecular flexibility index (Phi) is 6.87. The molecule has 0 radical (unpaired) electrons. The van der Waals surface area contributed by atoms with Crippen LogP contribution in [0, 0.1) is 11.7 Å². The van der Waals surface area contributed by atoms with Gasteiger partial charge in [0.2, 0.25) is 11.8 Å². The number of carbonyl (C=O) groups is 2. The number of nitrogens with one attached hydrogen (secondary N) is 3. The fourth-order valence-electron chi connectivity index (χ4n) is 4.97. The Hall–Kier alpha value is -3.02. The normalized spacial score (nSPS) is 26.0. The highest BCUT2D eigenvalue weighted by Gasteiger charge is 2.48. The predicted octanol–water partition coefficient (Wildman–Crippen LogP) is 0.660. The number of benzene rings is 1. The lowest BCUT2D eigenvalue weighted by atomic mass is 9.87. The van der Waals surface area contributed by atoms with Gasteiger partial charge in [-0.1, -0.05) is 6.92 Å². The Morgan fingerprint density at radius 1 is 1.35 bits per heavy atom. The van der Waals surface area contributed by atoms with E-state index in [-0.39, 0.29) is 36.7 Å². The number of anilines is 1. The quantitative estimate of drug-likeness (QED) is 0.465. The largest absolute Gasteiger partial charge is 0.382 e. The lowest BCUT2D eigenvalue weighted by Gasteiger charge is -2.42. The van der Waals surface area contributed by atoms with Crippen molar-refractivity contribution in [2.45, 2.75) is 38.2 Å². The van der Waals surface area contributed by atoms with Crippen molar-refractivity contribution in [3.63, 3.8) is 0 Å². The molecule has 2 aliphatic rings. The highest BCUT2D eigenvalue weighted by molar-refractivity contribution is 5.90. The van der Waals surface area contributed by atoms with Crippen LogP contribution >= 0.6 is 0 Å². The number of ether oxygens (including phenoxy) is 1. The highest BCUT2D eigenvalue weighted by Crippen LogP contribution is 2.29. The second-order valence-corrected chi connectivity index (χ2v) is 9.15. The molecule has 2 aliphatic heterocycles. The Morgan fingerprint density at radius 2 is 2.15 bits per heavy atom. The summed E-state index contributed by atoms with van der Waals surface area (Å²) in [7, 11) is 1.47. The molecule has 0 aliphatic carbocycles. The zero-order valence-electron chi connectivity index (χ0n) is 19.5. The number of piperazine rings is 1. The molecule has 34 heavy (non-hydrogen) atoms. The molecule has 2 unspecified atom stereocenters. The molecular weight excluding hydrogens is 443 g/mol. The molecular formula is C23H31FN6O4. The minimum atomic E-state index is -1.17. The van der Waals surface area contributed by atoms with E-state index in [0.29, 0.717) is 19.6 Å². The van der Waals surface area contributed by atoms with Crippen molar-refractivity contribution < 1.29 is 23.8 Å². The van der Waals surface area contributed by atoms with Crippen LogP contribution in [0.1, 0.15) is 20.3 Å². The molecule has 2 amide bonds. The monoisotopic (exact) mass is 474 g/mol. The molecule has 1 aromatic heterocycles. The number of H-pyrrole nitrogens is 1. The van der Waals surface area contributed by atoms with Gasteiger partial charge in [-0.25, -0.2) is 4.39 Å². The molecule has 2 saturated heterocycles. The Balaban J connectivity index is 1.43. The summed E-state index contributed by atoms with van der Waals surface area (Å²) in [5.74, 6) is -1.27. The van der Waals surface area contributed by atoms with Gasteiger partial charge in [-0.3, -0.25) is 20.0 Å². The third-order valence-corrected chi connectivity index (χ3v) is 6.57. The van der Waals surface area contributed by atoms with Gasteiger partial charge in [-0.2, -0.15) is 5.10 Å². The van der Waals surface area contributed by atoms with E-state index >= 15 is 0 Å². The molecule has 4 atom stereocenters. The van der Waals surface area contributed by atoms with Gasteiger partial charge in [0.1, 0.15) is 11.4 Å². The van der Waals surface area contributed by atoms with Crippen LogP contribution < -0.4 is 15.5 Å². The fourth-order valence-corrected chi connectivity index (χ4v) is 4.97. The summed E-state index contributed by atoms with van der Waals surface area (Å²) < 4.78 is 19.6. The Labute approximate surface area is 197 Å². The molecule has 1 aromatic carbocycles. The van der Waals surface area contributed by atoms with Gasteiger partial charge >= 0.3 is 0 Å². The van der Waals surface area contributed by atoms with Crippen LogP contribution in [0.2, 0.25) is 0 Å². The molecule has 2 aromatic rings. The molecule has 0 bridgehead atoms. The third kappa shape index (κ3) is 4.77. The average molecular weight is 475 g/mol. The first-order chi connectivity index (χ1) is 16.2. The molecule has 0 saturated carbocycles. The first-order valence-corrected chi connectivity index (χ1v) is 11.3. The van der Waals surface area contributed by atoms with Gasteiger partial charge in [-0.15, -0.1) is 0 Å². The number of hydrogen-bond acceptors (Lipinski definition) is 7. The van der Waals surface area contributed by atoms with Crippen LogP contribution in [0.25, 0.3) is 11.1 Å². The van der Waals surface area contributed by atoms with Gasteiger partial charge < -0.3 is 25.0 Å². The number of methoxy groups -OCH3 is 1. The van der Waals surface area contributed by atoms with E-state index in [1.807, 2.05) is 13.0 Å². The topological polar surface area (TPSA) is 123 Å². The Bertz CT molecular complexity index is 1030. The van der Waals surface area contributed by atoms with Crippen molar-refractivity contribution in [3.05, 3.63) is 36.4 Å². The number of nitrogens with zero attached hydrogens (tertiary/aromatic N) is 3. The number of aliphatic hydroxyl groups excluding tert-OH is 1. The van der Waals surface area contributed by atoms with Crippen molar-refractivity contribution in [2.75, 3.05) is 38.3 Å². The first kappa shape index (κ1) is 24.1. The second kappa shape index (κ2) is 9.69. The summed E-state index contributed by atoms with van der Waals surface area (Å²) in [6, 6.07) is 4.87. The van der Waals surface area contributed by atoms with E-state index in [9.17, 15) is 19.1 Å². The van der Waals surface area contributed by atoms with Crippen LogP contribution in [0.5, 0.6) is 0 Å². The van der Waals surface area contributed by atoms with Crippen molar-refractivity contribution in [1.82, 2.24) is 25.7 Å². The summed E-state index contributed by atoms with van der Waals surface area (Å²) in [6.07, 6.45) is 2.38. The van der Waals surface area contributed by atoms with Crippen LogP contribution in [-0.4, -0.2) is 83.3 Å². The summed E-state index contributed by atoms with van der Waals surface area (Å²) in [6.45, 7) is 5.32. The minimum Gasteiger partial charge on any atom is -0.382 e. The SMILES string of the molecule is COC[C@]1(CC(C)C(=O)N2CCN(c3cc(F)cc(-c4cn[nH]c4)c3)[C@@H](C)C2)NC(O)NC1=O. The van der Waals surface area contributed by atoms with E-state index in [2.05, 4.69) is 25.7 Å². The number of aliphatic hydroxyl groups is 1. The number of rotatable bonds is 7. The van der Waals surface area contributed by atoms with E-state index < -0.39 is 17.8 Å². The van der Waals surface area contributed by atoms with Crippen LogP contribution in [0.4, 0.5) is 10.1 Å². The molecule has 184 valence electrons. The number of amides is 2. The Morgan fingerprint density at radius 3 is 2.76 bits per heavy atom. The zero-order chi connectivity index (χ0) is 24.5. The minimum absolute atomic E-state index is 0.0356. The lowest BCUT2D eigenvalue weighted by molar-refractivity contribution is -0.137. The number of hydrogen-bond donors (Lipinski definition) is 4. The van der Waals surface area contributed by atoms with Crippen molar-refractivity contribution in [3.8, 4) is 11.1 Å². The number of aromatic amines is 1. The number of carbonyl (C=O) groups excluding carboxylic acids is 2. The maximum Gasteiger partial charge on any atom is 0.245 e. The molecule has 4 N–H and O–H groups in total. The van der Waals surface area contributed by atoms with Crippen molar-refractivity contribution in [2.24, 2.45) is 5.92 Å². The predicted molar refractivity (Wildman–Crippen MR) is 123 cm³/mol. The van der Waals surface area contributed by atoms with Gasteiger partial charge in [-0.05, 0) is 37.1 Å². The fraction of sp³-hybridized carbons (Fsp3) is 0.522. The maximum absolute atomic E-state index is 14.4. The van der Waals surface area contributed by atoms with Crippen molar-refractivity contribution >= 4 is 17.5 Å². The maximum atomic E-state index is 14.4. The van der Waals surface area contributed by atoms with Crippen LogP contribution in [0.15, 0.2) is 30.6 Å². The van der Waals surface area contributed by atoms with Gasteiger partial charge in [0.15, 0.2) is 6.35 Å². The summed E-state index contributed by atoms with van der Waals surface area (Å²) in [5, 5.41) is 21.7. The molecule has 11 heteroatoms. The zero-order valence-corrected chi connectivity index (χ0v) is 19.5. The number of halogens is 1. The van der Waals surface area contributed by atoms with Crippen LogP contribution in [0.3, 0.4) is 0 Å². The smallest absolute Gasteiger partial charge is 0.245 e. The summed E-state index contributed by atoms with van der Waals surface area (Å²) in [5.41, 5.74) is 1.12. The molecule has 3 heterocycles.